The first-order chi connectivity index (χ1) is 12.5. The summed E-state index contributed by atoms with van der Waals surface area (Å²) in [4.78, 5) is 11.5. The van der Waals surface area contributed by atoms with E-state index in [9.17, 15) is 26.4 Å². The maximum Gasteiger partial charge on any atom is 0.405 e. The molecule has 0 bridgehead atoms. The second-order valence-corrected chi connectivity index (χ2v) is 7.87. The van der Waals surface area contributed by atoms with E-state index in [1.54, 1.807) is 36.5 Å². The van der Waals surface area contributed by atoms with Gasteiger partial charge in [0.05, 0.1) is 4.90 Å². The zero-order valence-corrected chi connectivity index (χ0v) is 15.6. The number of benzene rings is 2. The zero-order valence-electron chi connectivity index (χ0n) is 14.0. The predicted molar refractivity (Wildman–Crippen MR) is 95.0 cm³/mol. The van der Waals surface area contributed by atoms with Gasteiger partial charge in [0.2, 0.25) is 10.0 Å². The molecule has 0 aliphatic carbocycles. The lowest BCUT2D eigenvalue weighted by molar-refractivity contribution is -0.123. The van der Waals surface area contributed by atoms with E-state index in [4.69, 9.17) is 11.6 Å². The number of carbonyl (C=O) groups excluding carboxylic acids is 1. The number of halogens is 4. The van der Waals surface area contributed by atoms with Crippen molar-refractivity contribution in [3.8, 4) is 0 Å². The molecule has 146 valence electrons. The lowest BCUT2D eigenvalue weighted by Crippen LogP contribution is -2.33. The van der Waals surface area contributed by atoms with E-state index in [0.29, 0.717) is 10.6 Å². The molecular weight excluding hydrogens is 405 g/mol. The van der Waals surface area contributed by atoms with Gasteiger partial charge in [-0.15, -0.1) is 0 Å². The third-order valence-corrected chi connectivity index (χ3v) is 5.35. The van der Waals surface area contributed by atoms with Crippen LogP contribution in [0.1, 0.15) is 28.9 Å². The van der Waals surface area contributed by atoms with Gasteiger partial charge < -0.3 is 5.32 Å². The molecule has 27 heavy (non-hydrogen) atoms. The van der Waals surface area contributed by atoms with Crippen molar-refractivity contribution >= 4 is 27.5 Å². The Bertz CT molecular complexity index is 916. The highest BCUT2D eigenvalue weighted by atomic mass is 35.5. The normalized spacial score (nSPS) is 13.2. The second kappa shape index (κ2) is 8.28. The third kappa shape index (κ3) is 6.23. The van der Waals surface area contributed by atoms with Crippen LogP contribution < -0.4 is 10.0 Å². The summed E-state index contributed by atoms with van der Waals surface area (Å²) in [6, 6.07) is 10.7. The van der Waals surface area contributed by atoms with Crippen LogP contribution in [-0.2, 0) is 10.0 Å². The molecule has 0 aliphatic heterocycles. The van der Waals surface area contributed by atoms with Crippen LogP contribution in [0.3, 0.4) is 0 Å². The Labute approximate surface area is 159 Å². The number of rotatable bonds is 6. The first kappa shape index (κ1) is 21.2. The Morgan fingerprint density at radius 2 is 1.78 bits per heavy atom. The molecule has 10 heteroatoms. The van der Waals surface area contributed by atoms with Crippen molar-refractivity contribution in [3.63, 3.8) is 0 Å². The SMILES string of the molecule is CC(NS(=O)(=O)c1ccc(C(=O)NCC(F)(F)F)cc1)c1cccc(Cl)c1. The minimum atomic E-state index is -4.53. The van der Waals surface area contributed by atoms with Gasteiger partial charge in [-0.05, 0) is 48.9 Å². The maximum atomic E-state index is 12.4. The third-order valence-electron chi connectivity index (χ3n) is 3.56. The summed E-state index contributed by atoms with van der Waals surface area (Å²) in [6.45, 7) is 0.173. The van der Waals surface area contributed by atoms with Gasteiger partial charge in [0.15, 0.2) is 0 Å². The number of amides is 1. The molecule has 2 rings (SSSR count). The Kier molecular flexibility index (Phi) is 6.50. The first-order valence-electron chi connectivity index (χ1n) is 7.71. The van der Waals surface area contributed by atoms with Gasteiger partial charge in [0.1, 0.15) is 6.54 Å². The summed E-state index contributed by atoms with van der Waals surface area (Å²) in [5.74, 6) is -0.948. The van der Waals surface area contributed by atoms with Crippen LogP contribution in [-0.4, -0.2) is 27.0 Å². The quantitative estimate of drug-likeness (QED) is 0.748. The highest BCUT2D eigenvalue weighted by molar-refractivity contribution is 7.89. The summed E-state index contributed by atoms with van der Waals surface area (Å²) in [5.41, 5.74) is 0.579. The summed E-state index contributed by atoms with van der Waals surface area (Å²) in [5, 5.41) is 2.18. The Morgan fingerprint density at radius 3 is 2.33 bits per heavy atom. The van der Waals surface area contributed by atoms with Crippen LogP contribution in [0.25, 0.3) is 0 Å². The fraction of sp³-hybridized carbons (Fsp3) is 0.235. The molecule has 2 aromatic carbocycles. The molecule has 2 N–H and O–H groups in total. The van der Waals surface area contributed by atoms with Gasteiger partial charge >= 0.3 is 6.18 Å². The van der Waals surface area contributed by atoms with E-state index in [0.717, 1.165) is 24.3 Å². The van der Waals surface area contributed by atoms with Gasteiger partial charge in [0, 0.05) is 16.6 Å². The minimum Gasteiger partial charge on any atom is -0.343 e. The van der Waals surface area contributed by atoms with Gasteiger partial charge in [-0.25, -0.2) is 13.1 Å². The molecule has 0 fully saturated rings. The molecule has 5 nitrogen and oxygen atoms in total. The lowest BCUT2D eigenvalue weighted by Gasteiger charge is -2.15. The maximum absolute atomic E-state index is 12.4. The molecule has 0 saturated heterocycles. The van der Waals surface area contributed by atoms with E-state index < -0.39 is 34.7 Å². The number of nitrogens with one attached hydrogen (secondary N) is 2. The molecule has 0 aliphatic rings. The molecular formula is C17H16ClF3N2O3S. The van der Waals surface area contributed by atoms with Gasteiger partial charge in [0.25, 0.3) is 5.91 Å². The minimum absolute atomic E-state index is 0.0823. The average Bonchev–Trinajstić information content (AvgIpc) is 2.59. The number of hydrogen-bond donors (Lipinski definition) is 2. The highest BCUT2D eigenvalue weighted by Crippen LogP contribution is 2.20. The number of carbonyl (C=O) groups is 1. The Hall–Kier alpha value is -2.10. The molecule has 1 unspecified atom stereocenters. The molecule has 0 spiro atoms. The molecule has 1 atom stereocenters. The van der Waals surface area contributed by atoms with Crippen molar-refractivity contribution < 1.29 is 26.4 Å². The number of sulfonamides is 1. The Morgan fingerprint density at radius 1 is 1.15 bits per heavy atom. The van der Waals surface area contributed by atoms with Crippen LogP contribution >= 0.6 is 11.6 Å². The fourth-order valence-electron chi connectivity index (χ4n) is 2.21. The van der Waals surface area contributed by atoms with E-state index in [-0.39, 0.29) is 10.5 Å². The van der Waals surface area contributed by atoms with Crippen LogP contribution in [0.2, 0.25) is 5.02 Å². The van der Waals surface area contributed by atoms with Crippen LogP contribution in [0.5, 0.6) is 0 Å². The van der Waals surface area contributed by atoms with Crippen molar-refractivity contribution in [3.05, 3.63) is 64.7 Å². The van der Waals surface area contributed by atoms with Gasteiger partial charge in [-0.2, -0.15) is 13.2 Å². The molecule has 0 saturated carbocycles. The zero-order chi connectivity index (χ0) is 20.2. The molecule has 0 heterocycles. The van der Waals surface area contributed by atoms with Crippen molar-refractivity contribution in [2.24, 2.45) is 0 Å². The first-order valence-corrected chi connectivity index (χ1v) is 9.57. The molecule has 1 amide bonds. The molecule has 2 aromatic rings. The van der Waals surface area contributed by atoms with Crippen LogP contribution in [0.4, 0.5) is 13.2 Å². The molecule has 0 aromatic heterocycles. The topological polar surface area (TPSA) is 75.3 Å². The van der Waals surface area contributed by atoms with Crippen molar-refractivity contribution in [2.75, 3.05) is 6.54 Å². The molecule has 0 radical (unpaired) electrons. The lowest BCUT2D eigenvalue weighted by atomic mass is 10.1. The summed E-state index contributed by atoms with van der Waals surface area (Å²) < 4.78 is 63.7. The van der Waals surface area contributed by atoms with Crippen molar-refractivity contribution in [1.82, 2.24) is 10.0 Å². The highest BCUT2D eigenvalue weighted by Gasteiger charge is 2.28. The van der Waals surface area contributed by atoms with Crippen LogP contribution in [0.15, 0.2) is 53.4 Å². The van der Waals surface area contributed by atoms with Gasteiger partial charge in [-0.1, -0.05) is 23.7 Å². The van der Waals surface area contributed by atoms with Crippen LogP contribution in [0, 0.1) is 0 Å². The summed E-state index contributed by atoms with van der Waals surface area (Å²) >= 11 is 5.89. The summed E-state index contributed by atoms with van der Waals surface area (Å²) in [6.07, 6.45) is -4.53. The fourth-order valence-corrected chi connectivity index (χ4v) is 3.64. The van der Waals surface area contributed by atoms with E-state index in [1.165, 1.54) is 0 Å². The van der Waals surface area contributed by atoms with E-state index >= 15 is 0 Å². The second-order valence-electron chi connectivity index (χ2n) is 5.72. The van der Waals surface area contributed by atoms with E-state index in [1.807, 2.05) is 0 Å². The summed E-state index contributed by atoms with van der Waals surface area (Å²) in [7, 11) is -3.90. The monoisotopic (exact) mass is 420 g/mol. The van der Waals surface area contributed by atoms with Gasteiger partial charge in [-0.3, -0.25) is 4.79 Å². The van der Waals surface area contributed by atoms with Crippen molar-refractivity contribution in [2.45, 2.75) is 24.0 Å². The Balaban J connectivity index is 2.09. The standard InChI is InChI=1S/C17H16ClF3N2O3S/c1-11(13-3-2-4-14(18)9-13)23-27(25,26)15-7-5-12(6-8-15)16(24)22-10-17(19,20)21/h2-9,11,23H,10H2,1H3,(H,22,24). The van der Waals surface area contributed by atoms with Crippen molar-refractivity contribution in [1.29, 1.82) is 0 Å². The largest absolute Gasteiger partial charge is 0.405 e. The average molecular weight is 421 g/mol. The number of alkyl halides is 3. The number of hydrogen-bond acceptors (Lipinski definition) is 3. The van der Waals surface area contributed by atoms with E-state index in [2.05, 4.69) is 4.72 Å². The predicted octanol–water partition coefficient (Wildman–Crippen LogP) is 3.67. The smallest absolute Gasteiger partial charge is 0.343 e.